The molecule has 0 saturated carbocycles. The molecule has 2 amide bonds. The highest BCUT2D eigenvalue weighted by Gasteiger charge is 2.41. The zero-order chi connectivity index (χ0) is 34.6. The van der Waals surface area contributed by atoms with E-state index in [9.17, 15) is 44.3 Å². The van der Waals surface area contributed by atoms with Crippen molar-refractivity contribution in [1.82, 2.24) is 25.1 Å². The van der Waals surface area contributed by atoms with Crippen LogP contribution in [-0.4, -0.2) is 79.2 Å². The monoisotopic (exact) mass is 690 g/mol. The van der Waals surface area contributed by atoms with Crippen LogP contribution in [0, 0.1) is 0 Å². The zero-order valence-corrected chi connectivity index (χ0v) is 25.5. The summed E-state index contributed by atoms with van der Waals surface area (Å²) in [6.07, 6.45) is -9.89. The fraction of sp³-hybridized carbons (Fsp3) is 0.357. The van der Waals surface area contributed by atoms with Gasteiger partial charge in [0.05, 0.1) is 4.90 Å². The maximum Gasteiger partial charge on any atom is 0.573 e. The van der Waals surface area contributed by atoms with Gasteiger partial charge in [-0.15, -0.1) is 36.5 Å². The molecule has 1 aliphatic heterocycles. The highest BCUT2D eigenvalue weighted by Crippen LogP contribution is 2.28. The number of hydrogen-bond donors (Lipinski definition) is 2. The van der Waals surface area contributed by atoms with E-state index in [0.29, 0.717) is 5.56 Å². The first-order chi connectivity index (χ1) is 21.9. The van der Waals surface area contributed by atoms with Gasteiger partial charge in [-0.3, -0.25) is 9.59 Å². The summed E-state index contributed by atoms with van der Waals surface area (Å²) in [5, 5.41) is 13.2. The summed E-state index contributed by atoms with van der Waals surface area (Å²) in [5.74, 6) is -2.14. The molecule has 1 aliphatic rings. The first kappa shape index (κ1) is 35.2. The Labute approximate surface area is 264 Å². The van der Waals surface area contributed by atoms with E-state index in [1.54, 1.807) is 18.7 Å². The molecule has 254 valence electrons. The summed E-state index contributed by atoms with van der Waals surface area (Å²) in [6.45, 7) is 2.84. The second-order valence-corrected chi connectivity index (χ2v) is 12.3. The Hall–Kier alpha value is -4.65. The predicted octanol–water partition coefficient (Wildman–Crippen LogP) is 3.61. The number of benzene rings is 2. The standard InChI is InChI=1S/C28H28F6N6O6S/c1-17(2)36-25(41)22-11-12-24(38-37-22)39-13-14-40(47(43,44)21-9-7-20(8-10-21)46-28(32,33)34)23(16-39)26(42)35-15-18-3-5-19(6-4-18)45-27(29,30)31/h3-12,17,23H,13-16H2,1-2H3,(H,35,42)(H,36,41). The van der Waals surface area contributed by atoms with Crippen LogP contribution in [0.25, 0.3) is 0 Å². The number of aromatic nitrogens is 2. The molecule has 0 radical (unpaired) electrons. The molecular weight excluding hydrogens is 662 g/mol. The summed E-state index contributed by atoms with van der Waals surface area (Å²) < 4.78 is 111. The van der Waals surface area contributed by atoms with Gasteiger partial charge in [0.2, 0.25) is 15.9 Å². The molecule has 1 saturated heterocycles. The van der Waals surface area contributed by atoms with Crippen molar-refractivity contribution in [3.63, 3.8) is 0 Å². The molecule has 1 unspecified atom stereocenters. The Morgan fingerprint density at radius 2 is 1.45 bits per heavy atom. The van der Waals surface area contributed by atoms with Gasteiger partial charge in [0.15, 0.2) is 11.5 Å². The van der Waals surface area contributed by atoms with Crippen LogP contribution in [0.2, 0.25) is 0 Å². The van der Waals surface area contributed by atoms with Crippen LogP contribution >= 0.6 is 0 Å². The van der Waals surface area contributed by atoms with Crippen LogP contribution in [0.5, 0.6) is 11.5 Å². The van der Waals surface area contributed by atoms with E-state index >= 15 is 0 Å². The zero-order valence-electron chi connectivity index (χ0n) is 24.7. The fourth-order valence-corrected chi connectivity index (χ4v) is 6.06. The van der Waals surface area contributed by atoms with E-state index in [1.807, 2.05) is 0 Å². The molecule has 0 bridgehead atoms. The van der Waals surface area contributed by atoms with E-state index < -0.39 is 57.0 Å². The van der Waals surface area contributed by atoms with Crippen molar-refractivity contribution in [3.8, 4) is 11.5 Å². The van der Waals surface area contributed by atoms with Crippen LogP contribution in [0.1, 0.15) is 29.9 Å². The molecule has 19 heteroatoms. The Balaban J connectivity index is 1.56. The SMILES string of the molecule is CC(C)NC(=O)c1ccc(N2CCN(S(=O)(=O)c3ccc(OC(F)(F)F)cc3)C(C(=O)NCc3ccc(OC(F)(F)F)cc3)C2)nn1. The van der Waals surface area contributed by atoms with E-state index in [4.69, 9.17) is 0 Å². The van der Waals surface area contributed by atoms with Gasteiger partial charge < -0.3 is 25.0 Å². The molecule has 47 heavy (non-hydrogen) atoms. The van der Waals surface area contributed by atoms with Crippen LogP contribution in [0.15, 0.2) is 65.6 Å². The number of piperazine rings is 1. The molecule has 1 aromatic heterocycles. The molecule has 3 aromatic rings. The van der Waals surface area contributed by atoms with E-state index in [2.05, 4.69) is 30.3 Å². The average Bonchev–Trinajstić information content (AvgIpc) is 2.98. The van der Waals surface area contributed by atoms with Crippen molar-refractivity contribution in [2.24, 2.45) is 0 Å². The largest absolute Gasteiger partial charge is 0.573 e. The maximum atomic E-state index is 13.7. The van der Waals surface area contributed by atoms with Crippen LogP contribution < -0.4 is 25.0 Å². The number of carbonyl (C=O) groups excluding carboxylic acids is 2. The van der Waals surface area contributed by atoms with Crippen LogP contribution in [0.3, 0.4) is 0 Å². The van der Waals surface area contributed by atoms with E-state index in [0.717, 1.165) is 40.7 Å². The van der Waals surface area contributed by atoms with Gasteiger partial charge in [0.25, 0.3) is 5.91 Å². The molecule has 2 aromatic carbocycles. The number of alkyl halides is 6. The van der Waals surface area contributed by atoms with Crippen molar-refractivity contribution in [3.05, 3.63) is 71.9 Å². The number of hydrogen-bond acceptors (Lipinski definition) is 9. The Bertz CT molecular complexity index is 1650. The second kappa shape index (κ2) is 14.0. The lowest BCUT2D eigenvalue weighted by atomic mass is 10.1. The smallest absolute Gasteiger partial charge is 0.406 e. The Morgan fingerprint density at radius 1 is 0.872 bits per heavy atom. The van der Waals surface area contributed by atoms with Crippen LogP contribution in [-0.2, 0) is 21.4 Å². The third-order valence-electron chi connectivity index (χ3n) is 6.55. The van der Waals surface area contributed by atoms with Crippen LogP contribution in [0.4, 0.5) is 32.2 Å². The van der Waals surface area contributed by atoms with Gasteiger partial charge in [-0.25, -0.2) is 8.42 Å². The van der Waals surface area contributed by atoms with Crippen molar-refractivity contribution in [2.75, 3.05) is 24.5 Å². The van der Waals surface area contributed by atoms with Gasteiger partial charge in [0.1, 0.15) is 17.5 Å². The summed E-state index contributed by atoms with van der Waals surface area (Å²) >= 11 is 0. The summed E-state index contributed by atoms with van der Waals surface area (Å²) in [5.41, 5.74) is 0.402. The number of halogens is 6. The van der Waals surface area contributed by atoms with E-state index in [-0.39, 0.29) is 43.7 Å². The number of sulfonamides is 1. The van der Waals surface area contributed by atoms with Crippen molar-refractivity contribution >= 4 is 27.7 Å². The summed E-state index contributed by atoms with van der Waals surface area (Å²) in [7, 11) is -4.46. The average molecular weight is 691 g/mol. The topological polar surface area (TPSA) is 143 Å². The van der Waals surface area contributed by atoms with Gasteiger partial charge in [-0.05, 0) is 67.9 Å². The summed E-state index contributed by atoms with van der Waals surface area (Å²) in [4.78, 5) is 26.9. The lowest BCUT2D eigenvalue weighted by Crippen LogP contribution is -2.60. The number of amides is 2. The number of ether oxygens (including phenoxy) is 2. The lowest BCUT2D eigenvalue weighted by Gasteiger charge is -2.40. The third kappa shape index (κ3) is 9.67. The molecule has 4 rings (SSSR count). The Morgan fingerprint density at radius 3 is 1.96 bits per heavy atom. The quantitative estimate of drug-likeness (QED) is 0.305. The molecular formula is C28H28F6N6O6S. The van der Waals surface area contributed by atoms with Gasteiger partial charge >= 0.3 is 12.7 Å². The number of carbonyl (C=O) groups is 2. The number of anilines is 1. The van der Waals surface area contributed by atoms with Crippen molar-refractivity contribution in [2.45, 2.75) is 50.1 Å². The predicted molar refractivity (Wildman–Crippen MR) is 153 cm³/mol. The molecule has 12 nitrogen and oxygen atoms in total. The van der Waals surface area contributed by atoms with Gasteiger partial charge in [-0.2, -0.15) is 4.31 Å². The number of nitrogens with zero attached hydrogens (tertiary/aromatic N) is 4. The minimum absolute atomic E-state index is 0.0190. The second-order valence-electron chi connectivity index (χ2n) is 10.4. The molecule has 2 N–H and O–H groups in total. The van der Waals surface area contributed by atoms with Crippen molar-refractivity contribution < 1.29 is 53.8 Å². The minimum Gasteiger partial charge on any atom is -0.406 e. The number of nitrogens with one attached hydrogen (secondary N) is 2. The first-order valence-corrected chi connectivity index (χ1v) is 15.2. The van der Waals surface area contributed by atoms with Gasteiger partial charge in [-0.1, -0.05) is 12.1 Å². The fourth-order valence-electron chi connectivity index (χ4n) is 4.49. The first-order valence-electron chi connectivity index (χ1n) is 13.8. The van der Waals surface area contributed by atoms with Gasteiger partial charge in [0, 0.05) is 32.2 Å². The van der Waals surface area contributed by atoms with Crippen molar-refractivity contribution in [1.29, 1.82) is 0 Å². The number of rotatable bonds is 10. The highest BCUT2D eigenvalue weighted by molar-refractivity contribution is 7.89. The third-order valence-corrected chi connectivity index (χ3v) is 8.47. The highest BCUT2D eigenvalue weighted by atomic mass is 32.2. The van der Waals surface area contributed by atoms with E-state index in [1.165, 1.54) is 24.3 Å². The normalized spacial score (nSPS) is 16.1. The molecule has 1 atom stereocenters. The lowest BCUT2D eigenvalue weighted by molar-refractivity contribution is -0.275. The molecule has 0 aliphatic carbocycles. The maximum absolute atomic E-state index is 13.7. The molecule has 1 fully saturated rings. The summed E-state index contributed by atoms with van der Waals surface area (Å²) in [6, 6.07) is 9.45. The minimum atomic E-state index is -5.00. The molecule has 2 heterocycles. The molecule has 0 spiro atoms. The Kier molecular flexibility index (Phi) is 10.5.